The maximum absolute atomic E-state index is 11.8. The van der Waals surface area contributed by atoms with Crippen molar-refractivity contribution in [2.75, 3.05) is 0 Å². The van der Waals surface area contributed by atoms with E-state index in [-0.39, 0.29) is 6.42 Å². The number of alkyl carbamates (subject to hydrolysis) is 1. The minimum Gasteiger partial charge on any atom is -0.550 e. The van der Waals surface area contributed by atoms with Crippen molar-refractivity contribution in [2.24, 2.45) is 0 Å². The molecule has 0 aliphatic carbocycles. The van der Waals surface area contributed by atoms with Gasteiger partial charge >= 0.3 is 6.09 Å². The van der Waals surface area contributed by atoms with E-state index in [4.69, 9.17) is 4.74 Å². The fraction of sp³-hybridized carbons (Fsp3) is 0.467. The highest BCUT2D eigenvalue weighted by Gasteiger charge is 2.21. The Balaban J connectivity index is 2.88. The second-order valence-electron chi connectivity index (χ2n) is 5.63. The van der Waals surface area contributed by atoms with Crippen LogP contribution in [0.1, 0.15) is 44.4 Å². The number of carboxylic acid groups (broad SMARTS) is 1. The number of nitrogens with one attached hydrogen (secondary N) is 1. The summed E-state index contributed by atoms with van der Waals surface area (Å²) in [6.45, 7) is 7.09. The summed E-state index contributed by atoms with van der Waals surface area (Å²) in [5.41, 5.74) is 0.999. The van der Waals surface area contributed by atoms with Crippen molar-refractivity contribution >= 4 is 12.1 Å². The zero-order chi connectivity index (χ0) is 15.3. The predicted molar refractivity (Wildman–Crippen MR) is 72.9 cm³/mol. The van der Waals surface area contributed by atoms with Crippen molar-refractivity contribution in [3.8, 4) is 0 Å². The Bertz CT molecular complexity index is 491. The number of carboxylic acids is 1. The number of amides is 1. The molecule has 1 aromatic rings. The van der Waals surface area contributed by atoms with Gasteiger partial charge in [-0.3, -0.25) is 0 Å². The van der Waals surface area contributed by atoms with Crippen LogP contribution in [-0.4, -0.2) is 17.7 Å². The molecule has 0 spiro atoms. The zero-order valence-corrected chi connectivity index (χ0v) is 12.2. The molecule has 1 aromatic carbocycles. The first-order valence-electron chi connectivity index (χ1n) is 6.44. The van der Waals surface area contributed by atoms with E-state index >= 15 is 0 Å². The number of hydrogen-bond donors (Lipinski definition) is 1. The Labute approximate surface area is 118 Å². The molecule has 1 atom stereocenters. The topological polar surface area (TPSA) is 78.5 Å². The maximum Gasteiger partial charge on any atom is 0.408 e. The average Bonchev–Trinajstić information content (AvgIpc) is 2.25. The lowest BCUT2D eigenvalue weighted by Crippen LogP contribution is -2.38. The van der Waals surface area contributed by atoms with Gasteiger partial charge in [0, 0.05) is 12.4 Å². The zero-order valence-electron chi connectivity index (χ0n) is 12.2. The third kappa shape index (κ3) is 5.30. The number of benzene rings is 1. The van der Waals surface area contributed by atoms with Gasteiger partial charge in [-0.1, -0.05) is 24.3 Å². The van der Waals surface area contributed by atoms with E-state index in [1.54, 1.807) is 32.9 Å². The Kier molecular flexibility index (Phi) is 5.13. The molecule has 5 nitrogen and oxygen atoms in total. The van der Waals surface area contributed by atoms with Crippen LogP contribution >= 0.6 is 0 Å². The van der Waals surface area contributed by atoms with Crippen molar-refractivity contribution in [1.29, 1.82) is 0 Å². The highest BCUT2D eigenvalue weighted by Crippen LogP contribution is 2.21. The van der Waals surface area contributed by atoms with Crippen molar-refractivity contribution < 1.29 is 19.4 Å². The summed E-state index contributed by atoms with van der Waals surface area (Å²) in [4.78, 5) is 22.6. The summed E-state index contributed by atoms with van der Waals surface area (Å²) in [6, 6.07) is 6.61. The van der Waals surface area contributed by atoms with Crippen LogP contribution in [-0.2, 0) is 9.53 Å². The standard InChI is InChI=1S/C15H21NO4/c1-10-7-5-6-8-11(10)12(9-13(17)18)16-14(19)20-15(2,3)4/h5-8,12H,9H2,1-4H3,(H,16,19)(H,17,18)/p-1/t12-/m1/s1. The number of rotatable bonds is 4. The number of aliphatic carboxylic acids is 1. The summed E-state index contributed by atoms with van der Waals surface area (Å²) in [5, 5.41) is 13.4. The van der Waals surface area contributed by atoms with Gasteiger partial charge in [0.2, 0.25) is 0 Å². The van der Waals surface area contributed by atoms with Gasteiger partial charge in [-0.25, -0.2) is 4.79 Å². The van der Waals surface area contributed by atoms with E-state index in [2.05, 4.69) is 5.32 Å². The van der Waals surface area contributed by atoms with Crippen molar-refractivity contribution in [1.82, 2.24) is 5.32 Å². The summed E-state index contributed by atoms with van der Waals surface area (Å²) in [5.74, 6) is -1.23. The van der Waals surface area contributed by atoms with Crippen LogP contribution in [0.25, 0.3) is 0 Å². The molecule has 5 heteroatoms. The van der Waals surface area contributed by atoms with E-state index < -0.39 is 23.7 Å². The van der Waals surface area contributed by atoms with Crippen molar-refractivity contribution in [3.05, 3.63) is 35.4 Å². The molecule has 0 unspecified atom stereocenters. The normalized spacial score (nSPS) is 12.6. The van der Waals surface area contributed by atoms with Crippen LogP contribution in [0, 0.1) is 6.92 Å². The van der Waals surface area contributed by atoms with Gasteiger partial charge in [-0.2, -0.15) is 0 Å². The van der Waals surface area contributed by atoms with E-state index in [9.17, 15) is 14.7 Å². The summed E-state index contributed by atoms with van der Waals surface area (Å²) < 4.78 is 5.15. The lowest BCUT2D eigenvalue weighted by atomic mass is 9.99. The predicted octanol–water partition coefficient (Wildman–Crippen LogP) is 1.70. The van der Waals surface area contributed by atoms with Crippen LogP contribution in [0.3, 0.4) is 0 Å². The molecule has 0 aliphatic heterocycles. The molecule has 0 radical (unpaired) electrons. The van der Waals surface area contributed by atoms with Gasteiger partial charge in [0.15, 0.2) is 0 Å². The fourth-order valence-corrected chi connectivity index (χ4v) is 1.83. The van der Waals surface area contributed by atoms with Gasteiger partial charge < -0.3 is 20.0 Å². The van der Waals surface area contributed by atoms with E-state index in [0.717, 1.165) is 11.1 Å². The summed E-state index contributed by atoms with van der Waals surface area (Å²) in [7, 11) is 0. The first-order valence-corrected chi connectivity index (χ1v) is 6.44. The highest BCUT2D eigenvalue weighted by molar-refractivity contribution is 5.71. The number of ether oxygens (including phenoxy) is 1. The molecule has 0 saturated heterocycles. The van der Waals surface area contributed by atoms with Crippen LogP contribution in [0.15, 0.2) is 24.3 Å². The fourth-order valence-electron chi connectivity index (χ4n) is 1.83. The smallest absolute Gasteiger partial charge is 0.408 e. The Morgan fingerprint density at radius 1 is 1.30 bits per heavy atom. The minimum absolute atomic E-state index is 0.301. The third-order valence-electron chi connectivity index (χ3n) is 2.63. The Morgan fingerprint density at radius 3 is 2.40 bits per heavy atom. The van der Waals surface area contributed by atoms with Crippen LogP contribution in [0.5, 0.6) is 0 Å². The SMILES string of the molecule is Cc1ccccc1[C@@H](CC(=O)[O-])NC(=O)OC(C)(C)C. The summed E-state index contributed by atoms with van der Waals surface area (Å²) in [6.07, 6.45) is -0.948. The molecule has 0 heterocycles. The molecule has 0 aliphatic rings. The van der Waals surface area contributed by atoms with Gasteiger partial charge in [-0.05, 0) is 38.8 Å². The molecule has 20 heavy (non-hydrogen) atoms. The third-order valence-corrected chi connectivity index (χ3v) is 2.63. The van der Waals surface area contributed by atoms with E-state index in [0.29, 0.717) is 0 Å². The molecule has 0 fully saturated rings. The monoisotopic (exact) mass is 278 g/mol. The molecule has 0 saturated carbocycles. The first kappa shape index (κ1) is 16.0. The lowest BCUT2D eigenvalue weighted by Gasteiger charge is -2.25. The molecule has 1 amide bonds. The molecule has 110 valence electrons. The second kappa shape index (κ2) is 6.41. The first-order chi connectivity index (χ1) is 9.19. The molecule has 0 bridgehead atoms. The van der Waals surface area contributed by atoms with Crippen LogP contribution in [0.4, 0.5) is 4.79 Å². The van der Waals surface area contributed by atoms with E-state index in [1.165, 1.54) is 0 Å². The van der Waals surface area contributed by atoms with Gasteiger partial charge in [0.1, 0.15) is 5.60 Å². The van der Waals surface area contributed by atoms with E-state index in [1.807, 2.05) is 19.1 Å². The minimum atomic E-state index is -1.23. The van der Waals surface area contributed by atoms with Gasteiger partial charge in [-0.15, -0.1) is 0 Å². The van der Waals surface area contributed by atoms with Crippen LogP contribution in [0.2, 0.25) is 0 Å². The lowest BCUT2D eigenvalue weighted by molar-refractivity contribution is -0.306. The second-order valence-corrected chi connectivity index (χ2v) is 5.63. The molecular formula is C15H20NO4-. The molecule has 0 aromatic heterocycles. The molecule has 1 rings (SSSR count). The van der Waals surface area contributed by atoms with Crippen molar-refractivity contribution in [2.45, 2.75) is 45.8 Å². The maximum atomic E-state index is 11.8. The van der Waals surface area contributed by atoms with Gasteiger partial charge in [0.25, 0.3) is 0 Å². The Morgan fingerprint density at radius 2 is 1.90 bits per heavy atom. The average molecular weight is 278 g/mol. The molecule has 1 N–H and O–H groups in total. The van der Waals surface area contributed by atoms with Crippen molar-refractivity contribution in [3.63, 3.8) is 0 Å². The number of aryl methyl sites for hydroxylation is 1. The number of carbonyl (C=O) groups is 2. The van der Waals surface area contributed by atoms with Crippen LogP contribution < -0.4 is 10.4 Å². The number of carbonyl (C=O) groups excluding carboxylic acids is 2. The highest BCUT2D eigenvalue weighted by atomic mass is 16.6. The van der Waals surface area contributed by atoms with Gasteiger partial charge in [0.05, 0.1) is 6.04 Å². The largest absolute Gasteiger partial charge is 0.550 e. The number of hydrogen-bond acceptors (Lipinski definition) is 4. The quantitative estimate of drug-likeness (QED) is 0.909. The summed E-state index contributed by atoms with van der Waals surface area (Å²) >= 11 is 0. The molecular weight excluding hydrogens is 258 g/mol. The Hall–Kier alpha value is -2.04.